The van der Waals surface area contributed by atoms with Gasteiger partial charge in [-0.25, -0.2) is 13.1 Å². The predicted molar refractivity (Wildman–Crippen MR) is 87.8 cm³/mol. The fourth-order valence-corrected chi connectivity index (χ4v) is 3.50. The van der Waals surface area contributed by atoms with Gasteiger partial charge in [-0.1, -0.05) is 39.8 Å². The van der Waals surface area contributed by atoms with E-state index in [2.05, 4.69) is 23.9 Å². The van der Waals surface area contributed by atoms with Crippen molar-refractivity contribution in [2.75, 3.05) is 0 Å². The quantitative estimate of drug-likeness (QED) is 0.814. The molecule has 1 rings (SSSR count). The van der Waals surface area contributed by atoms with Crippen molar-refractivity contribution in [1.82, 2.24) is 10.0 Å². The van der Waals surface area contributed by atoms with Crippen LogP contribution < -0.4 is 10.0 Å². The molecule has 1 aromatic rings. The third-order valence-corrected chi connectivity index (χ3v) is 5.30. The van der Waals surface area contributed by atoms with Crippen molar-refractivity contribution in [3.05, 3.63) is 29.3 Å². The number of sulfonamides is 1. The van der Waals surface area contributed by atoms with Crippen LogP contribution in [0.2, 0.25) is 0 Å². The Balaban J connectivity index is 3.02. The van der Waals surface area contributed by atoms with Crippen LogP contribution in [-0.2, 0) is 16.6 Å². The highest BCUT2D eigenvalue weighted by Gasteiger charge is 2.21. The molecule has 1 aromatic carbocycles. The topological polar surface area (TPSA) is 58.2 Å². The van der Waals surface area contributed by atoms with Crippen LogP contribution in [0.4, 0.5) is 0 Å². The van der Waals surface area contributed by atoms with Crippen molar-refractivity contribution in [3.8, 4) is 0 Å². The maximum Gasteiger partial charge on any atom is 0.241 e. The van der Waals surface area contributed by atoms with Crippen LogP contribution in [0.3, 0.4) is 0 Å². The van der Waals surface area contributed by atoms with Gasteiger partial charge in [-0.3, -0.25) is 0 Å². The summed E-state index contributed by atoms with van der Waals surface area (Å²) in [6.45, 7) is 12.5. The highest BCUT2D eigenvalue weighted by Crippen LogP contribution is 2.18. The third kappa shape index (κ3) is 5.41. The summed E-state index contributed by atoms with van der Waals surface area (Å²) in [6.07, 6.45) is 0. The summed E-state index contributed by atoms with van der Waals surface area (Å²) in [5.41, 5.74) is 1.75. The summed E-state index contributed by atoms with van der Waals surface area (Å²) in [5.74, 6) is 0.255. The number of hydrogen-bond donors (Lipinski definition) is 2. The van der Waals surface area contributed by atoms with Gasteiger partial charge in [-0.05, 0) is 37.0 Å². The first-order valence-electron chi connectivity index (χ1n) is 7.48. The van der Waals surface area contributed by atoms with Gasteiger partial charge >= 0.3 is 0 Å². The smallest absolute Gasteiger partial charge is 0.241 e. The van der Waals surface area contributed by atoms with Gasteiger partial charge in [-0.15, -0.1) is 0 Å². The molecule has 0 bridgehead atoms. The van der Waals surface area contributed by atoms with Crippen LogP contribution >= 0.6 is 0 Å². The molecule has 5 heteroatoms. The second kappa shape index (κ2) is 7.38. The highest BCUT2D eigenvalue weighted by atomic mass is 32.2. The molecule has 0 aliphatic carbocycles. The summed E-state index contributed by atoms with van der Waals surface area (Å²) in [7, 11) is -3.47. The number of nitrogens with one attached hydrogen (secondary N) is 2. The molecule has 0 fully saturated rings. The van der Waals surface area contributed by atoms with E-state index in [4.69, 9.17) is 0 Å². The summed E-state index contributed by atoms with van der Waals surface area (Å²) in [4.78, 5) is 0.373. The van der Waals surface area contributed by atoms with Gasteiger partial charge in [-0.2, -0.15) is 0 Å². The van der Waals surface area contributed by atoms with E-state index in [1.54, 1.807) is 6.07 Å². The SMILES string of the molecule is Cc1ccc(CNC(C)C)cc1S(=O)(=O)NC(C)C(C)C. The first-order chi connectivity index (χ1) is 9.63. The molecule has 2 N–H and O–H groups in total. The zero-order chi connectivity index (χ0) is 16.2. The van der Waals surface area contributed by atoms with Gasteiger partial charge in [0, 0.05) is 18.6 Å². The number of rotatable bonds is 7. The maximum absolute atomic E-state index is 12.5. The maximum atomic E-state index is 12.5. The predicted octanol–water partition coefficient (Wildman–Crippen LogP) is 2.82. The highest BCUT2D eigenvalue weighted by molar-refractivity contribution is 7.89. The monoisotopic (exact) mass is 312 g/mol. The van der Waals surface area contributed by atoms with Crippen LogP contribution in [0.5, 0.6) is 0 Å². The molecule has 0 amide bonds. The molecule has 0 aliphatic heterocycles. The first-order valence-corrected chi connectivity index (χ1v) is 8.97. The van der Waals surface area contributed by atoms with Crippen molar-refractivity contribution in [2.24, 2.45) is 5.92 Å². The molecule has 4 nitrogen and oxygen atoms in total. The van der Waals surface area contributed by atoms with E-state index in [0.29, 0.717) is 17.5 Å². The molecular weight excluding hydrogens is 284 g/mol. The van der Waals surface area contributed by atoms with Gasteiger partial charge in [0.1, 0.15) is 0 Å². The average molecular weight is 312 g/mol. The Morgan fingerprint density at radius 1 is 1.10 bits per heavy atom. The van der Waals surface area contributed by atoms with E-state index < -0.39 is 10.0 Å². The lowest BCUT2D eigenvalue weighted by molar-refractivity contribution is 0.476. The zero-order valence-corrected chi connectivity index (χ0v) is 14.7. The molecule has 0 spiro atoms. The van der Waals surface area contributed by atoms with E-state index in [9.17, 15) is 8.42 Å². The van der Waals surface area contributed by atoms with Crippen molar-refractivity contribution >= 4 is 10.0 Å². The second-order valence-electron chi connectivity index (χ2n) is 6.29. The minimum Gasteiger partial charge on any atom is -0.310 e. The normalized spacial score (nSPS) is 13.9. The van der Waals surface area contributed by atoms with Crippen LogP contribution in [-0.4, -0.2) is 20.5 Å². The van der Waals surface area contributed by atoms with Crippen molar-refractivity contribution in [2.45, 2.75) is 65.1 Å². The lowest BCUT2D eigenvalue weighted by Gasteiger charge is -2.19. The molecule has 21 heavy (non-hydrogen) atoms. The molecule has 0 heterocycles. The van der Waals surface area contributed by atoms with Crippen LogP contribution in [0.25, 0.3) is 0 Å². The van der Waals surface area contributed by atoms with Gasteiger partial charge in [0.15, 0.2) is 0 Å². The Kier molecular flexibility index (Phi) is 6.38. The van der Waals surface area contributed by atoms with Gasteiger partial charge in [0.05, 0.1) is 4.90 Å². The minimum atomic E-state index is -3.47. The fourth-order valence-electron chi connectivity index (χ4n) is 1.81. The first kappa shape index (κ1) is 18.1. The Bertz CT molecular complexity index is 566. The average Bonchev–Trinajstić information content (AvgIpc) is 2.36. The molecule has 1 unspecified atom stereocenters. The molecule has 0 aromatic heterocycles. The van der Waals surface area contributed by atoms with Crippen molar-refractivity contribution in [1.29, 1.82) is 0 Å². The van der Waals surface area contributed by atoms with Crippen LogP contribution in [0.15, 0.2) is 23.1 Å². The molecule has 0 saturated carbocycles. The van der Waals surface area contributed by atoms with E-state index in [-0.39, 0.29) is 12.0 Å². The van der Waals surface area contributed by atoms with E-state index in [1.165, 1.54) is 0 Å². The lowest BCUT2D eigenvalue weighted by atomic mass is 10.1. The Morgan fingerprint density at radius 3 is 2.24 bits per heavy atom. The minimum absolute atomic E-state index is 0.0909. The van der Waals surface area contributed by atoms with Gasteiger partial charge in [0.25, 0.3) is 0 Å². The van der Waals surface area contributed by atoms with Crippen LogP contribution in [0, 0.1) is 12.8 Å². The van der Waals surface area contributed by atoms with E-state index >= 15 is 0 Å². The molecule has 0 aliphatic rings. The summed E-state index contributed by atoms with van der Waals surface area (Å²) in [5, 5.41) is 3.30. The molecule has 0 radical (unpaired) electrons. The van der Waals surface area contributed by atoms with Crippen LogP contribution in [0.1, 0.15) is 45.7 Å². The van der Waals surface area contributed by atoms with E-state index in [0.717, 1.165) is 11.1 Å². The van der Waals surface area contributed by atoms with Gasteiger partial charge < -0.3 is 5.32 Å². The molecule has 120 valence electrons. The Hall–Kier alpha value is -0.910. The van der Waals surface area contributed by atoms with Crippen molar-refractivity contribution in [3.63, 3.8) is 0 Å². The zero-order valence-electron chi connectivity index (χ0n) is 13.9. The van der Waals surface area contributed by atoms with E-state index in [1.807, 2.05) is 39.8 Å². The second-order valence-corrected chi connectivity index (χ2v) is 7.97. The Morgan fingerprint density at radius 2 is 1.71 bits per heavy atom. The molecule has 1 atom stereocenters. The fraction of sp³-hybridized carbons (Fsp3) is 0.625. The number of aryl methyl sites for hydroxylation is 1. The number of benzene rings is 1. The summed E-state index contributed by atoms with van der Waals surface area (Å²) >= 11 is 0. The summed E-state index contributed by atoms with van der Waals surface area (Å²) in [6, 6.07) is 5.87. The molecular formula is C16H28N2O2S. The standard InChI is InChI=1S/C16H28N2O2S/c1-11(2)14(6)18-21(19,20)16-9-15(8-7-13(16)5)10-17-12(3)4/h7-9,11-12,14,17-18H,10H2,1-6H3. The summed E-state index contributed by atoms with van der Waals surface area (Å²) < 4.78 is 27.8. The van der Waals surface area contributed by atoms with Crippen molar-refractivity contribution < 1.29 is 8.42 Å². The Labute approximate surface area is 129 Å². The lowest BCUT2D eigenvalue weighted by Crippen LogP contribution is -2.36. The van der Waals surface area contributed by atoms with Gasteiger partial charge in [0.2, 0.25) is 10.0 Å². The third-order valence-electron chi connectivity index (χ3n) is 3.60. The largest absolute Gasteiger partial charge is 0.310 e. The number of hydrogen-bond acceptors (Lipinski definition) is 3. The molecule has 0 saturated heterocycles.